The minimum absolute atomic E-state index is 0.186. The number of allylic oxidation sites excluding steroid dienone is 9. The number of hydrogen-bond acceptors (Lipinski definition) is 4. The van der Waals surface area contributed by atoms with Gasteiger partial charge in [-0.3, -0.25) is 0 Å². The molecule has 0 atom stereocenters. The Bertz CT molecular complexity index is 3830. The summed E-state index contributed by atoms with van der Waals surface area (Å²) in [6.45, 7) is 16.1. The summed E-state index contributed by atoms with van der Waals surface area (Å²) < 4.78 is 0. The number of anilines is 10. The molecular formula is C71H64N4. The number of nitrogens with zero attached hydrogens (tertiary/aromatic N) is 4. The van der Waals surface area contributed by atoms with Crippen molar-refractivity contribution in [3.05, 3.63) is 263 Å². The second kappa shape index (κ2) is 18.4. The van der Waals surface area contributed by atoms with Gasteiger partial charge in [-0.05, 0) is 172 Å². The molecule has 75 heavy (non-hydrogen) atoms. The molecule has 8 aromatic rings. The molecule has 4 nitrogen and oxygen atoms in total. The van der Waals surface area contributed by atoms with E-state index in [1.165, 1.54) is 44.5 Å². The predicted octanol–water partition coefficient (Wildman–Crippen LogP) is 19.5. The van der Waals surface area contributed by atoms with Gasteiger partial charge in [0.05, 0.1) is 45.5 Å². The molecule has 2 aliphatic heterocycles. The van der Waals surface area contributed by atoms with Gasteiger partial charge < -0.3 is 19.6 Å². The van der Waals surface area contributed by atoms with E-state index in [4.69, 9.17) is 0 Å². The topological polar surface area (TPSA) is 13.0 Å². The number of benzene rings is 7. The molecule has 4 aliphatic rings. The molecule has 4 heteroatoms. The van der Waals surface area contributed by atoms with Crippen LogP contribution in [0.25, 0.3) is 33.6 Å². The summed E-state index contributed by atoms with van der Waals surface area (Å²) in [4.78, 5) is 9.55. The molecule has 8 aromatic carbocycles. The van der Waals surface area contributed by atoms with Crippen LogP contribution in [0.2, 0.25) is 0 Å². The van der Waals surface area contributed by atoms with Crippen LogP contribution in [-0.2, 0) is 10.8 Å². The van der Waals surface area contributed by atoms with Gasteiger partial charge in [0.2, 0.25) is 0 Å². The lowest BCUT2D eigenvalue weighted by Crippen LogP contribution is -2.24. The van der Waals surface area contributed by atoms with Crippen molar-refractivity contribution in [2.75, 3.05) is 33.7 Å². The van der Waals surface area contributed by atoms with E-state index in [2.05, 4.69) is 307 Å². The average Bonchev–Trinajstić information content (AvgIpc) is 3.69. The third-order valence-electron chi connectivity index (χ3n) is 16.3. The molecule has 368 valence electrons. The molecule has 0 saturated heterocycles. The van der Waals surface area contributed by atoms with Gasteiger partial charge in [-0.15, -0.1) is 0 Å². The summed E-state index contributed by atoms with van der Waals surface area (Å²) in [5.41, 5.74) is 24.6. The van der Waals surface area contributed by atoms with Gasteiger partial charge in [0, 0.05) is 36.3 Å². The zero-order valence-corrected chi connectivity index (χ0v) is 44.7. The fraction of sp³-hybridized carbons (Fsp3) is 0.155. The van der Waals surface area contributed by atoms with Gasteiger partial charge in [-0.25, -0.2) is 0 Å². The Kier molecular flexibility index (Phi) is 11.6. The fourth-order valence-electron chi connectivity index (χ4n) is 12.5. The summed E-state index contributed by atoms with van der Waals surface area (Å²) in [5.74, 6) is 0. The third-order valence-corrected chi connectivity index (χ3v) is 16.3. The van der Waals surface area contributed by atoms with Gasteiger partial charge in [-0.1, -0.05) is 173 Å². The molecule has 12 rings (SSSR count). The van der Waals surface area contributed by atoms with Gasteiger partial charge in [-0.2, -0.15) is 0 Å². The molecule has 0 N–H and O–H groups in total. The van der Waals surface area contributed by atoms with E-state index < -0.39 is 0 Å². The van der Waals surface area contributed by atoms with Crippen LogP contribution >= 0.6 is 0 Å². The van der Waals surface area contributed by atoms with Crippen LogP contribution in [0.4, 0.5) is 56.9 Å². The van der Waals surface area contributed by atoms with Crippen molar-refractivity contribution < 1.29 is 0 Å². The number of rotatable bonds is 4. The molecule has 2 heterocycles. The number of fused-ring (bicyclic) bond motifs is 7. The Morgan fingerprint density at radius 2 is 1.04 bits per heavy atom. The van der Waals surface area contributed by atoms with Crippen LogP contribution in [0.3, 0.4) is 0 Å². The van der Waals surface area contributed by atoms with Crippen molar-refractivity contribution in [2.45, 2.75) is 59.3 Å². The third kappa shape index (κ3) is 7.82. The molecule has 0 saturated carbocycles. The summed E-state index contributed by atoms with van der Waals surface area (Å²) in [5, 5.41) is 2.30. The summed E-state index contributed by atoms with van der Waals surface area (Å²) in [6, 6.07) is 70.0. The van der Waals surface area contributed by atoms with Crippen LogP contribution in [0.1, 0.15) is 80.5 Å². The summed E-state index contributed by atoms with van der Waals surface area (Å²) in [7, 11) is 4.36. The van der Waals surface area contributed by atoms with Gasteiger partial charge >= 0.3 is 0 Å². The van der Waals surface area contributed by atoms with E-state index in [-0.39, 0.29) is 10.8 Å². The van der Waals surface area contributed by atoms with Crippen LogP contribution < -0.4 is 19.6 Å². The smallest absolute Gasteiger partial charge is 0.0702 e. The van der Waals surface area contributed by atoms with Crippen molar-refractivity contribution in [1.82, 2.24) is 0 Å². The zero-order valence-electron chi connectivity index (χ0n) is 44.7. The normalized spacial score (nSPS) is 17.3. The SMILES string of the molecule is CC=C1/C(=C(\C)c2ccc(N3c4ccccc4N(C)c4ccc(C)cc43)cccc(C3=Cc4ccccc4C(C)(C)/C=C/C=C3)c3cc(N4c5ccccc5N(C)c5ccccc54)ccc23)c2ccccc2C1(C)C. The molecule has 0 fully saturated rings. The fourth-order valence-corrected chi connectivity index (χ4v) is 12.5. The van der Waals surface area contributed by atoms with E-state index in [9.17, 15) is 0 Å². The molecule has 0 aromatic heterocycles. The lowest BCUT2D eigenvalue weighted by atomic mass is 9.81. The van der Waals surface area contributed by atoms with Crippen LogP contribution in [0, 0.1) is 6.92 Å². The van der Waals surface area contributed by atoms with E-state index in [1.54, 1.807) is 0 Å². The molecule has 0 amide bonds. The lowest BCUT2D eigenvalue weighted by molar-refractivity contribution is 0.659. The highest BCUT2D eigenvalue weighted by molar-refractivity contribution is 6.11. The highest BCUT2D eigenvalue weighted by Gasteiger charge is 2.39. The van der Waals surface area contributed by atoms with Crippen molar-refractivity contribution in [3.63, 3.8) is 0 Å². The maximum Gasteiger partial charge on any atom is 0.0702 e. The Hall–Kier alpha value is -8.60. The second-order valence-corrected chi connectivity index (χ2v) is 21.6. The van der Waals surface area contributed by atoms with Crippen molar-refractivity contribution in [3.8, 4) is 0 Å². The van der Waals surface area contributed by atoms with Gasteiger partial charge in [0.1, 0.15) is 0 Å². The van der Waals surface area contributed by atoms with E-state index in [0.29, 0.717) is 0 Å². The maximum atomic E-state index is 2.46. The van der Waals surface area contributed by atoms with Gasteiger partial charge in [0.15, 0.2) is 0 Å². The standard InChI is InChI=1S/C71H64N4/c1-10-58-69(56-27-12-14-30-60(56)71(58,6)7)48(3)53-40-38-51(74-65-34-18-15-31-61(65)73(9)64-42-37-47(2)44-68(64)74)26-23-28-54(49-24-21-22-43-70(4,5)59-29-13-11-25-50(59)45-49)57-46-52(39-41-55(53)57)75-66-35-19-16-32-62(66)72(8)63-33-17-20-36-67(63)75/h10-46H,1-9H3/b24-21?,26-23?,28-23?,40-38?,43-22+,49-45?,51-26?,51-38?,53-40?,54-28?,55-53?,57-54?,58-10?,69-48+. The van der Waals surface area contributed by atoms with E-state index >= 15 is 0 Å². The number of hydrogen-bond donors (Lipinski definition) is 0. The first-order chi connectivity index (χ1) is 36.4. The second-order valence-electron chi connectivity index (χ2n) is 21.6. The van der Waals surface area contributed by atoms with E-state index in [0.717, 1.165) is 84.3 Å². The van der Waals surface area contributed by atoms with Crippen molar-refractivity contribution in [1.29, 1.82) is 0 Å². The highest BCUT2D eigenvalue weighted by atomic mass is 15.3. The average molecular weight is 973 g/mol. The highest BCUT2D eigenvalue weighted by Crippen LogP contribution is 2.55. The number of para-hydroxylation sites is 6. The summed E-state index contributed by atoms with van der Waals surface area (Å²) in [6.07, 6.45) is 13.9. The quantitative estimate of drug-likeness (QED) is 0.174. The monoisotopic (exact) mass is 973 g/mol. The zero-order chi connectivity index (χ0) is 51.8. The van der Waals surface area contributed by atoms with Gasteiger partial charge in [0.25, 0.3) is 0 Å². The lowest BCUT2D eigenvalue weighted by Gasteiger charge is -2.38. The summed E-state index contributed by atoms with van der Waals surface area (Å²) >= 11 is 0. The Morgan fingerprint density at radius 1 is 0.480 bits per heavy atom. The minimum atomic E-state index is -0.188. The predicted molar refractivity (Wildman–Crippen MR) is 323 cm³/mol. The molecule has 0 radical (unpaired) electrons. The van der Waals surface area contributed by atoms with E-state index in [1.807, 2.05) is 0 Å². The molecular weight excluding hydrogens is 909 g/mol. The van der Waals surface area contributed by atoms with Crippen LogP contribution in [0.15, 0.2) is 224 Å². The Labute approximate surface area is 444 Å². The molecule has 2 aliphatic carbocycles. The minimum Gasteiger partial charge on any atom is -0.341 e. The largest absolute Gasteiger partial charge is 0.341 e. The maximum absolute atomic E-state index is 2.46. The Balaban J connectivity index is 1.24. The van der Waals surface area contributed by atoms with Crippen LogP contribution in [-0.4, -0.2) is 14.1 Å². The first kappa shape index (κ1) is 47.4. The van der Waals surface area contributed by atoms with Crippen LogP contribution in [0.5, 0.6) is 0 Å². The molecule has 0 bridgehead atoms. The first-order valence-corrected chi connectivity index (χ1v) is 26.4. The molecule has 0 unspecified atom stereocenters. The first-order valence-electron chi connectivity index (χ1n) is 26.4. The molecule has 0 spiro atoms. The van der Waals surface area contributed by atoms with Crippen molar-refractivity contribution in [2.24, 2.45) is 0 Å². The number of aryl methyl sites for hydroxylation is 1. The Morgan fingerprint density at radius 3 is 1.71 bits per heavy atom. The van der Waals surface area contributed by atoms with Crippen molar-refractivity contribution >= 4 is 90.4 Å².